The minimum Gasteiger partial charge on any atom is -0.396 e. The van der Waals surface area contributed by atoms with Crippen LogP contribution in [0.15, 0.2) is 0 Å². The molecular weight excluding hydrogens is 160 g/mol. The Bertz CT molecular complexity index is 174. The molecule has 0 aromatic rings. The maximum atomic E-state index is 11.0. The predicted molar refractivity (Wildman–Crippen MR) is 42.2 cm³/mol. The molecule has 0 aromatic carbocycles. The minimum atomic E-state index is -0.606. The zero-order chi connectivity index (χ0) is 9.14. The lowest BCUT2D eigenvalue weighted by molar-refractivity contribution is -0.129. The SMILES string of the molecule is NCC(=O)N1CC(O)C(CO)C1. The van der Waals surface area contributed by atoms with Crippen molar-refractivity contribution >= 4 is 5.91 Å². The van der Waals surface area contributed by atoms with Gasteiger partial charge >= 0.3 is 0 Å². The van der Waals surface area contributed by atoms with E-state index in [0.29, 0.717) is 13.1 Å². The Morgan fingerprint density at radius 2 is 2.25 bits per heavy atom. The number of carbonyl (C=O) groups is 1. The summed E-state index contributed by atoms with van der Waals surface area (Å²) in [5.41, 5.74) is 5.15. The molecule has 0 spiro atoms. The smallest absolute Gasteiger partial charge is 0.236 e. The summed E-state index contributed by atoms with van der Waals surface area (Å²) >= 11 is 0. The van der Waals surface area contributed by atoms with Gasteiger partial charge < -0.3 is 20.8 Å². The second kappa shape index (κ2) is 3.84. The average Bonchev–Trinajstić information content (AvgIpc) is 2.45. The maximum absolute atomic E-state index is 11.0. The van der Waals surface area contributed by atoms with Gasteiger partial charge in [0.1, 0.15) is 0 Å². The van der Waals surface area contributed by atoms with Crippen LogP contribution < -0.4 is 5.73 Å². The zero-order valence-corrected chi connectivity index (χ0v) is 6.81. The van der Waals surface area contributed by atoms with Crippen molar-refractivity contribution in [1.82, 2.24) is 4.90 Å². The fraction of sp³-hybridized carbons (Fsp3) is 0.857. The monoisotopic (exact) mass is 174 g/mol. The molecule has 1 fully saturated rings. The van der Waals surface area contributed by atoms with Crippen LogP contribution in [0.1, 0.15) is 0 Å². The number of hydrogen-bond donors (Lipinski definition) is 3. The molecule has 0 radical (unpaired) electrons. The van der Waals surface area contributed by atoms with E-state index in [4.69, 9.17) is 10.8 Å². The number of amides is 1. The molecule has 1 saturated heterocycles. The molecule has 5 nitrogen and oxygen atoms in total. The molecule has 1 amide bonds. The van der Waals surface area contributed by atoms with E-state index in [0.717, 1.165) is 0 Å². The van der Waals surface area contributed by atoms with E-state index < -0.39 is 6.10 Å². The Morgan fingerprint density at radius 1 is 1.58 bits per heavy atom. The lowest BCUT2D eigenvalue weighted by Crippen LogP contribution is -2.34. The van der Waals surface area contributed by atoms with E-state index >= 15 is 0 Å². The van der Waals surface area contributed by atoms with Gasteiger partial charge in [-0.15, -0.1) is 0 Å². The molecule has 0 aromatic heterocycles. The third-order valence-electron chi connectivity index (χ3n) is 2.17. The van der Waals surface area contributed by atoms with Crippen LogP contribution in [0.25, 0.3) is 0 Å². The van der Waals surface area contributed by atoms with Gasteiger partial charge in [0.2, 0.25) is 5.91 Å². The summed E-state index contributed by atoms with van der Waals surface area (Å²) in [7, 11) is 0. The van der Waals surface area contributed by atoms with E-state index in [1.54, 1.807) is 0 Å². The van der Waals surface area contributed by atoms with Gasteiger partial charge in [-0.2, -0.15) is 0 Å². The van der Waals surface area contributed by atoms with Gasteiger partial charge in [-0.25, -0.2) is 0 Å². The Balaban J connectivity index is 2.48. The van der Waals surface area contributed by atoms with Crippen LogP contribution in [0, 0.1) is 5.92 Å². The molecule has 12 heavy (non-hydrogen) atoms. The van der Waals surface area contributed by atoms with E-state index in [1.807, 2.05) is 0 Å². The largest absolute Gasteiger partial charge is 0.396 e. The van der Waals surface area contributed by atoms with E-state index in [1.165, 1.54) is 4.90 Å². The molecular formula is C7H14N2O3. The number of likely N-dealkylation sites (tertiary alicyclic amines) is 1. The third-order valence-corrected chi connectivity index (χ3v) is 2.17. The highest BCUT2D eigenvalue weighted by atomic mass is 16.3. The van der Waals surface area contributed by atoms with Crippen LogP contribution in [0.4, 0.5) is 0 Å². The van der Waals surface area contributed by atoms with Gasteiger partial charge in [0.05, 0.1) is 19.3 Å². The highest BCUT2D eigenvalue weighted by Gasteiger charge is 2.32. The summed E-state index contributed by atoms with van der Waals surface area (Å²) in [5.74, 6) is -0.384. The molecule has 0 bridgehead atoms. The second-order valence-corrected chi connectivity index (χ2v) is 3.01. The fourth-order valence-electron chi connectivity index (χ4n) is 1.37. The van der Waals surface area contributed by atoms with Crippen LogP contribution in [0.5, 0.6) is 0 Å². The van der Waals surface area contributed by atoms with Gasteiger partial charge in [0.15, 0.2) is 0 Å². The molecule has 4 N–H and O–H groups in total. The average molecular weight is 174 g/mol. The first-order valence-corrected chi connectivity index (χ1v) is 3.95. The van der Waals surface area contributed by atoms with Crippen molar-refractivity contribution in [3.63, 3.8) is 0 Å². The maximum Gasteiger partial charge on any atom is 0.236 e. The van der Waals surface area contributed by atoms with Gasteiger partial charge in [-0.05, 0) is 0 Å². The predicted octanol–water partition coefficient (Wildman–Crippen LogP) is -2.24. The van der Waals surface area contributed by atoms with Crippen LogP contribution in [0.3, 0.4) is 0 Å². The number of hydrogen-bond acceptors (Lipinski definition) is 4. The van der Waals surface area contributed by atoms with Crippen LogP contribution in [-0.4, -0.2) is 53.4 Å². The van der Waals surface area contributed by atoms with Crippen LogP contribution >= 0.6 is 0 Å². The standard InChI is InChI=1S/C7H14N2O3/c8-1-7(12)9-2-5(4-10)6(11)3-9/h5-6,10-11H,1-4,8H2. The molecule has 70 valence electrons. The number of β-amino-alcohol motifs (C(OH)–C–C–N with tert-alkyl or cyclic N) is 1. The Kier molecular flexibility index (Phi) is 3.02. The van der Waals surface area contributed by atoms with Crippen molar-refractivity contribution in [2.75, 3.05) is 26.2 Å². The molecule has 0 aliphatic carbocycles. The normalized spacial score (nSPS) is 29.4. The van der Waals surface area contributed by atoms with E-state index in [9.17, 15) is 9.90 Å². The van der Waals surface area contributed by atoms with Crippen molar-refractivity contribution in [3.8, 4) is 0 Å². The number of aliphatic hydroxyl groups excluding tert-OH is 2. The summed E-state index contributed by atoms with van der Waals surface area (Å²) in [6, 6.07) is 0. The highest BCUT2D eigenvalue weighted by molar-refractivity contribution is 5.78. The molecule has 1 heterocycles. The number of carbonyl (C=O) groups excluding carboxylic acids is 1. The molecule has 1 rings (SSSR count). The summed E-state index contributed by atoms with van der Waals surface area (Å²) < 4.78 is 0. The third kappa shape index (κ3) is 1.74. The molecule has 1 aliphatic rings. The molecule has 0 saturated carbocycles. The summed E-state index contributed by atoms with van der Waals surface area (Å²) in [5, 5.41) is 18.1. The summed E-state index contributed by atoms with van der Waals surface area (Å²) in [6.07, 6.45) is -0.606. The topological polar surface area (TPSA) is 86.8 Å². The molecule has 2 atom stereocenters. The van der Waals surface area contributed by atoms with Crippen molar-refractivity contribution in [1.29, 1.82) is 0 Å². The van der Waals surface area contributed by atoms with Crippen LogP contribution in [0.2, 0.25) is 0 Å². The fourth-order valence-corrected chi connectivity index (χ4v) is 1.37. The highest BCUT2D eigenvalue weighted by Crippen LogP contribution is 2.15. The minimum absolute atomic E-state index is 0.0368. The van der Waals surface area contributed by atoms with Crippen molar-refractivity contribution in [2.45, 2.75) is 6.10 Å². The van der Waals surface area contributed by atoms with E-state index in [2.05, 4.69) is 0 Å². The lowest BCUT2D eigenvalue weighted by atomic mass is 10.1. The quantitative estimate of drug-likeness (QED) is 0.441. The molecule has 5 heteroatoms. The number of rotatable bonds is 2. The van der Waals surface area contributed by atoms with Crippen molar-refractivity contribution in [3.05, 3.63) is 0 Å². The Morgan fingerprint density at radius 3 is 2.67 bits per heavy atom. The number of nitrogens with two attached hydrogens (primary N) is 1. The van der Waals surface area contributed by atoms with Crippen molar-refractivity contribution in [2.24, 2.45) is 11.7 Å². The first-order chi connectivity index (χ1) is 5.69. The zero-order valence-electron chi connectivity index (χ0n) is 6.81. The second-order valence-electron chi connectivity index (χ2n) is 3.01. The Hall–Kier alpha value is -0.650. The number of aliphatic hydroxyl groups is 2. The van der Waals surface area contributed by atoms with Gasteiger partial charge in [-0.1, -0.05) is 0 Å². The Labute approximate surface area is 70.8 Å². The van der Waals surface area contributed by atoms with Gasteiger partial charge in [0.25, 0.3) is 0 Å². The first-order valence-electron chi connectivity index (χ1n) is 3.95. The lowest BCUT2D eigenvalue weighted by Gasteiger charge is -2.13. The summed E-state index contributed by atoms with van der Waals surface area (Å²) in [6.45, 7) is 0.579. The van der Waals surface area contributed by atoms with Crippen molar-refractivity contribution < 1.29 is 15.0 Å². The van der Waals surface area contributed by atoms with Gasteiger partial charge in [0, 0.05) is 19.0 Å². The van der Waals surface area contributed by atoms with Gasteiger partial charge in [-0.3, -0.25) is 4.79 Å². The molecule has 1 aliphatic heterocycles. The van der Waals surface area contributed by atoms with E-state index in [-0.39, 0.29) is 25.0 Å². The number of nitrogens with zero attached hydrogens (tertiary/aromatic N) is 1. The summed E-state index contributed by atoms with van der Waals surface area (Å²) in [4.78, 5) is 12.5. The van der Waals surface area contributed by atoms with Crippen LogP contribution in [-0.2, 0) is 4.79 Å². The first kappa shape index (κ1) is 9.44. The molecule has 2 unspecified atom stereocenters.